The lowest BCUT2D eigenvalue weighted by Gasteiger charge is -2.28. The van der Waals surface area contributed by atoms with Crippen LogP contribution < -0.4 is 0 Å². The van der Waals surface area contributed by atoms with Gasteiger partial charge in [0.15, 0.2) is 0 Å². The molecule has 0 bridgehead atoms. The van der Waals surface area contributed by atoms with Crippen molar-refractivity contribution in [1.29, 1.82) is 0 Å². The van der Waals surface area contributed by atoms with E-state index in [2.05, 4.69) is 17.1 Å². The van der Waals surface area contributed by atoms with Crippen molar-refractivity contribution in [2.45, 2.75) is 44.3 Å². The Hall–Kier alpha value is -1.07. The Kier molecular flexibility index (Phi) is 5.05. The van der Waals surface area contributed by atoms with E-state index in [1.165, 1.54) is 0 Å². The molecule has 25 heavy (non-hydrogen) atoms. The highest BCUT2D eigenvalue weighted by Gasteiger charge is 2.34. The molecule has 6 heteroatoms. The van der Waals surface area contributed by atoms with E-state index in [1.807, 2.05) is 18.2 Å². The summed E-state index contributed by atoms with van der Waals surface area (Å²) < 4.78 is 11.9. The molecule has 2 aliphatic rings. The minimum absolute atomic E-state index is 0.285. The average molecular weight is 381 g/mol. The monoisotopic (exact) mass is 380 g/mol. The van der Waals surface area contributed by atoms with Gasteiger partial charge in [-0.1, -0.05) is 34.4 Å². The second-order valence-electron chi connectivity index (χ2n) is 7.06. The second-order valence-corrected chi connectivity index (χ2v) is 7.87. The van der Waals surface area contributed by atoms with Crippen LogP contribution in [0.1, 0.15) is 42.9 Å². The number of benzene rings is 1. The average Bonchev–Trinajstić information content (AvgIpc) is 3.36. The summed E-state index contributed by atoms with van der Waals surface area (Å²) in [7, 11) is 2.15. The molecule has 1 aromatic heterocycles. The zero-order valence-electron chi connectivity index (χ0n) is 14.3. The minimum Gasteiger partial charge on any atom is -0.373 e. The molecule has 0 atom stereocenters. The van der Waals surface area contributed by atoms with E-state index in [9.17, 15) is 0 Å². The number of hydrogen-bond acceptors (Lipinski definition) is 4. The normalized spacial score (nSPS) is 19.5. The van der Waals surface area contributed by atoms with Crippen LogP contribution in [0.2, 0.25) is 10.0 Å². The lowest BCUT2D eigenvalue weighted by atomic mass is 10.0. The Morgan fingerprint density at radius 2 is 1.84 bits per heavy atom. The maximum atomic E-state index is 6.39. The van der Waals surface area contributed by atoms with E-state index in [4.69, 9.17) is 32.5 Å². The summed E-state index contributed by atoms with van der Waals surface area (Å²) in [4.78, 5) is 2.34. The molecule has 1 aliphatic carbocycles. The van der Waals surface area contributed by atoms with Gasteiger partial charge in [-0.05, 0) is 44.9 Å². The number of likely N-dealkylation sites (tertiary alicyclic amines) is 1. The van der Waals surface area contributed by atoms with Gasteiger partial charge in [0, 0.05) is 30.1 Å². The fourth-order valence-corrected chi connectivity index (χ4v) is 3.98. The fraction of sp³-hybridized carbons (Fsp3) is 0.526. The third-order valence-corrected chi connectivity index (χ3v) is 5.73. The quantitative estimate of drug-likeness (QED) is 0.719. The number of ether oxygens (including phenoxy) is 1. The van der Waals surface area contributed by atoms with Gasteiger partial charge >= 0.3 is 0 Å². The van der Waals surface area contributed by atoms with Gasteiger partial charge in [0.2, 0.25) is 0 Å². The Bertz CT molecular complexity index is 730. The van der Waals surface area contributed by atoms with Gasteiger partial charge in [-0.2, -0.15) is 0 Å². The van der Waals surface area contributed by atoms with Crippen LogP contribution in [0.4, 0.5) is 0 Å². The second kappa shape index (κ2) is 7.28. The first-order valence-electron chi connectivity index (χ1n) is 8.86. The van der Waals surface area contributed by atoms with E-state index in [0.29, 0.717) is 22.6 Å². The first-order chi connectivity index (χ1) is 12.1. The van der Waals surface area contributed by atoms with Crippen molar-refractivity contribution in [3.8, 4) is 11.3 Å². The Morgan fingerprint density at radius 3 is 2.48 bits per heavy atom. The molecule has 0 spiro atoms. The van der Waals surface area contributed by atoms with Gasteiger partial charge in [-0.25, -0.2) is 0 Å². The molecule has 2 fully saturated rings. The lowest BCUT2D eigenvalue weighted by molar-refractivity contribution is 0.00176. The number of halogens is 2. The minimum atomic E-state index is 0.285. The van der Waals surface area contributed by atoms with E-state index in [-0.39, 0.29) is 6.10 Å². The highest BCUT2D eigenvalue weighted by Crippen LogP contribution is 2.46. The standard InChI is InChI=1S/C19H22Cl2N2O2/c1-23-9-7-13(8-10-23)24-11-14-18(22-25-19(14)12-5-6-12)17-15(20)3-2-4-16(17)21/h2-4,12-13H,5-11H2,1H3. The molecular weight excluding hydrogens is 359 g/mol. The maximum absolute atomic E-state index is 6.39. The molecule has 4 nitrogen and oxygen atoms in total. The predicted molar refractivity (Wildman–Crippen MR) is 99.2 cm³/mol. The molecule has 0 N–H and O–H groups in total. The van der Waals surface area contributed by atoms with Crippen molar-refractivity contribution in [3.05, 3.63) is 39.6 Å². The molecule has 1 aromatic carbocycles. The van der Waals surface area contributed by atoms with Crippen molar-refractivity contribution in [1.82, 2.24) is 10.1 Å². The molecule has 4 rings (SSSR count). The number of rotatable bonds is 5. The maximum Gasteiger partial charge on any atom is 0.145 e. The molecule has 2 aromatic rings. The summed E-state index contributed by atoms with van der Waals surface area (Å²) in [5, 5.41) is 5.49. The molecule has 1 aliphatic heterocycles. The van der Waals surface area contributed by atoms with Crippen molar-refractivity contribution in [2.75, 3.05) is 20.1 Å². The van der Waals surface area contributed by atoms with Crippen LogP contribution in [0.15, 0.2) is 22.7 Å². The van der Waals surface area contributed by atoms with Crippen LogP contribution in [0, 0.1) is 0 Å². The number of nitrogens with zero attached hydrogens (tertiary/aromatic N) is 2. The summed E-state index contributed by atoms with van der Waals surface area (Å²) >= 11 is 12.8. The molecule has 0 unspecified atom stereocenters. The molecule has 134 valence electrons. The summed E-state index contributed by atoms with van der Waals surface area (Å²) in [5.74, 6) is 1.40. The van der Waals surface area contributed by atoms with Gasteiger partial charge < -0.3 is 14.2 Å². The number of hydrogen-bond donors (Lipinski definition) is 0. The topological polar surface area (TPSA) is 38.5 Å². The third-order valence-electron chi connectivity index (χ3n) is 5.10. The van der Waals surface area contributed by atoms with E-state index < -0.39 is 0 Å². The van der Waals surface area contributed by atoms with E-state index >= 15 is 0 Å². The molecular formula is C19H22Cl2N2O2. The van der Waals surface area contributed by atoms with Crippen LogP contribution in [0.5, 0.6) is 0 Å². The Morgan fingerprint density at radius 1 is 1.16 bits per heavy atom. The first kappa shape index (κ1) is 17.3. The van der Waals surface area contributed by atoms with Crippen LogP contribution >= 0.6 is 23.2 Å². The van der Waals surface area contributed by atoms with Gasteiger partial charge in [0.05, 0.1) is 22.8 Å². The highest BCUT2D eigenvalue weighted by molar-refractivity contribution is 6.39. The van der Waals surface area contributed by atoms with Gasteiger partial charge in [0.1, 0.15) is 11.5 Å². The number of aromatic nitrogens is 1. The zero-order chi connectivity index (χ0) is 17.4. The number of piperidine rings is 1. The summed E-state index contributed by atoms with van der Waals surface area (Å²) in [5.41, 5.74) is 2.48. The third kappa shape index (κ3) is 3.72. The predicted octanol–water partition coefficient (Wildman–Crippen LogP) is 5.14. The smallest absolute Gasteiger partial charge is 0.145 e. The van der Waals surface area contributed by atoms with Crippen LogP contribution in [-0.4, -0.2) is 36.3 Å². The summed E-state index contributed by atoms with van der Waals surface area (Å²) in [6.45, 7) is 2.65. The summed E-state index contributed by atoms with van der Waals surface area (Å²) in [6.07, 6.45) is 4.69. The van der Waals surface area contributed by atoms with Crippen molar-refractivity contribution in [2.24, 2.45) is 0 Å². The van der Waals surface area contributed by atoms with Crippen molar-refractivity contribution < 1.29 is 9.26 Å². The molecule has 2 heterocycles. The van der Waals surface area contributed by atoms with Crippen molar-refractivity contribution in [3.63, 3.8) is 0 Å². The van der Waals surface area contributed by atoms with Gasteiger partial charge in [-0.15, -0.1) is 0 Å². The molecule has 1 saturated carbocycles. The lowest BCUT2D eigenvalue weighted by Crippen LogP contribution is -2.34. The van der Waals surface area contributed by atoms with E-state index in [0.717, 1.165) is 61.4 Å². The van der Waals surface area contributed by atoms with Crippen LogP contribution in [0.3, 0.4) is 0 Å². The molecule has 1 saturated heterocycles. The molecule has 0 amide bonds. The largest absolute Gasteiger partial charge is 0.373 e. The highest BCUT2D eigenvalue weighted by atomic mass is 35.5. The zero-order valence-corrected chi connectivity index (χ0v) is 15.8. The SMILES string of the molecule is CN1CCC(OCc2c(-c3c(Cl)cccc3Cl)noc2C2CC2)CC1. The molecule has 0 radical (unpaired) electrons. The Labute approximate surface area is 158 Å². The Balaban J connectivity index is 1.60. The van der Waals surface area contributed by atoms with Crippen LogP contribution in [-0.2, 0) is 11.3 Å². The van der Waals surface area contributed by atoms with Gasteiger partial charge in [-0.3, -0.25) is 0 Å². The first-order valence-corrected chi connectivity index (χ1v) is 9.62. The van der Waals surface area contributed by atoms with Crippen LogP contribution in [0.25, 0.3) is 11.3 Å². The fourth-order valence-electron chi connectivity index (χ4n) is 3.40. The van der Waals surface area contributed by atoms with Gasteiger partial charge in [0.25, 0.3) is 0 Å². The summed E-state index contributed by atoms with van der Waals surface area (Å²) in [6, 6.07) is 5.50. The van der Waals surface area contributed by atoms with E-state index in [1.54, 1.807) is 0 Å². The van der Waals surface area contributed by atoms with Crippen molar-refractivity contribution >= 4 is 23.2 Å².